The van der Waals surface area contributed by atoms with Gasteiger partial charge in [0, 0.05) is 11.8 Å². The van der Waals surface area contributed by atoms with Crippen molar-refractivity contribution in [3.63, 3.8) is 0 Å². The molecule has 1 aliphatic heterocycles. The van der Waals surface area contributed by atoms with Crippen molar-refractivity contribution in [2.24, 2.45) is 0 Å². The monoisotopic (exact) mass is 358 g/mol. The van der Waals surface area contributed by atoms with Gasteiger partial charge >= 0.3 is 0 Å². The van der Waals surface area contributed by atoms with Gasteiger partial charge in [0.2, 0.25) is 0 Å². The van der Waals surface area contributed by atoms with Crippen LogP contribution in [0.15, 0.2) is 121 Å². The van der Waals surface area contributed by atoms with Crippen molar-refractivity contribution in [2.75, 3.05) is 0 Å². The van der Waals surface area contributed by atoms with Crippen LogP contribution in [-0.2, 0) is 5.41 Å². The van der Waals surface area contributed by atoms with Crippen LogP contribution in [0.25, 0.3) is 5.57 Å². The number of allylic oxidation sites excluding steroid dienone is 1. The molecular weight excluding hydrogens is 338 g/mol. The Kier molecular flexibility index (Phi) is 4.06. The van der Waals surface area contributed by atoms with E-state index in [9.17, 15) is 0 Å². The van der Waals surface area contributed by atoms with Crippen LogP contribution in [0.3, 0.4) is 0 Å². The van der Waals surface area contributed by atoms with Crippen molar-refractivity contribution < 1.29 is 0 Å². The second kappa shape index (κ2) is 6.86. The van der Waals surface area contributed by atoms with Crippen molar-refractivity contribution in [1.29, 1.82) is 0 Å². The highest BCUT2D eigenvalue weighted by atomic mass is 14.9. The van der Waals surface area contributed by atoms with Gasteiger partial charge in [0.15, 0.2) is 0 Å². The van der Waals surface area contributed by atoms with Gasteiger partial charge in [-0.05, 0) is 28.3 Å². The van der Waals surface area contributed by atoms with E-state index in [1.54, 1.807) is 0 Å². The Balaban J connectivity index is 1.90. The quantitative estimate of drug-likeness (QED) is 0.379. The molecule has 4 aromatic rings. The lowest BCUT2D eigenvalue weighted by Gasteiger charge is -2.37. The molecule has 1 heteroatoms. The lowest BCUT2D eigenvalue weighted by atomic mass is 9.63. The van der Waals surface area contributed by atoms with Crippen LogP contribution >= 0.6 is 0 Å². The van der Waals surface area contributed by atoms with Crippen LogP contribution in [0.5, 0.6) is 0 Å². The average Bonchev–Trinajstić information content (AvgIpc) is 3.21. The zero-order valence-electron chi connectivity index (χ0n) is 15.5. The summed E-state index contributed by atoms with van der Waals surface area (Å²) in [6.45, 7) is 0. The molecule has 1 aliphatic rings. The molecule has 0 saturated heterocycles. The molecule has 0 amide bonds. The molecule has 0 fully saturated rings. The SMILES string of the molecule is C1=C(C(c2ccccc2)(c2ccccc2)c2ccccc2)c2ccccc2[N]1. The van der Waals surface area contributed by atoms with Crippen molar-refractivity contribution >= 4 is 11.3 Å². The van der Waals surface area contributed by atoms with E-state index in [1.165, 1.54) is 27.8 Å². The Bertz CT molecular complexity index is 1020. The molecule has 28 heavy (non-hydrogen) atoms. The van der Waals surface area contributed by atoms with Gasteiger partial charge in [0.05, 0.1) is 11.1 Å². The smallest absolute Gasteiger partial charge is 0.0723 e. The van der Waals surface area contributed by atoms with Crippen LogP contribution < -0.4 is 5.32 Å². The Morgan fingerprint density at radius 3 is 1.39 bits per heavy atom. The van der Waals surface area contributed by atoms with E-state index in [0.29, 0.717) is 0 Å². The molecule has 5 rings (SSSR count). The number of para-hydroxylation sites is 1. The van der Waals surface area contributed by atoms with Crippen molar-refractivity contribution in [3.8, 4) is 0 Å². The largest absolute Gasteiger partial charge is 0.256 e. The van der Waals surface area contributed by atoms with Gasteiger partial charge in [-0.2, -0.15) is 0 Å². The summed E-state index contributed by atoms with van der Waals surface area (Å²) in [7, 11) is 0. The van der Waals surface area contributed by atoms with E-state index in [1.807, 2.05) is 6.07 Å². The molecule has 0 bridgehead atoms. The van der Waals surface area contributed by atoms with Crippen molar-refractivity contribution in [3.05, 3.63) is 144 Å². The molecule has 1 radical (unpaired) electrons. The molecule has 1 nitrogen and oxygen atoms in total. The van der Waals surface area contributed by atoms with Crippen molar-refractivity contribution in [1.82, 2.24) is 5.32 Å². The minimum absolute atomic E-state index is 0.431. The molecule has 0 unspecified atom stereocenters. The topological polar surface area (TPSA) is 14.1 Å². The third kappa shape index (κ3) is 2.48. The molecular formula is C27H20N. The van der Waals surface area contributed by atoms with Crippen LogP contribution in [0.2, 0.25) is 0 Å². The Hall–Kier alpha value is -3.58. The first-order chi connectivity index (χ1) is 13.9. The van der Waals surface area contributed by atoms with Gasteiger partial charge in [-0.15, -0.1) is 0 Å². The van der Waals surface area contributed by atoms with Gasteiger partial charge in [0.25, 0.3) is 0 Å². The Labute approximate surface area is 166 Å². The molecule has 133 valence electrons. The standard InChI is InChI=1S/C27H20N/c1-4-12-21(13-5-1)27(22-14-6-2-7-15-22,23-16-8-3-9-17-23)25-20-28-26-19-11-10-18-24(25)26/h1-20H. The van der Waals surface area contributed by atoms with Crippen LogP contribution in [0.1, 0.15) is 22.3 Å². The molecule has 0 N–H and O–H groups in total. The van der Waals surface area contributed by atoms with Crippen LogP contribution in [0.4, 0.5) is 5.69 Å². The number of benzene rings is 4. The zero-order valence-corrected chi connectivity index (χ0v) is 15.5. The summed E-state index contributed by atoms with van der Waals surface area (Å²) >= 11 is 0. The van der Waals surface area contributed by atoms with Crippen LogP contribution in [-0.4, -0.2) is 0 Å². The number of nitrogens with zero attached hydrogens (tertiary/aromatic N) is 1. The van der Waals surface area contributed by atoms with E-state index < -0.39 is 5.41 Å². The first-order valence-corrected chi connectivity index (χ1v) is 9.58. The minimum Gasteiger partial charge on any atom is -0.256 e. The van der Waals surface area contributed by atoms with Gasteiger partial charge < -0.3 is 0 Å². The molecule has 4 aromatic carbocycles. The lowest BCUT2D eigenvalue weighted by molar-refractivity contribution is 0.802. The second-order valence-electron chi connectivity index (χ2n) is 7.04. The zero-order chi connectivity index (χ0) is 18.8. The number of fused-ring (bicyclic) bond motifs is 1. The van der Waals surface area contributed by atoms with E-state index in [0.717, 1.165) is 5.69 Å². The van der Waals surface area contributed by atoms with E-state index in [4.69, 9.17) is 5.32 Å². The summed E-state index contributed by atoms with van der Waals surface area (Å²) in [5.74, 6) is 0. The van der Waals surface area contributed by atoms with E-state index in [2.05, 4.69) is 115 Å². The Morgan fingerprint density at radius 1 is 0.464 bits per heavy atom. The lowest BCUT2D eigenvalue weighted by Crippen LogP contribution is -2.30. The molecule has 0 aromatic heterocycles. The van der Waals surface area contributed by atoms with E-state index in [-0.39, 0.29) is 0 Å². The first-order valence-electron chi connectivity index (χ1n) is 9.58. The summed E-state index contributed by atoms with van der Waals surface area (Å²) in [6, 6.07) is 40.7. The summed E-state index contributed by atoms with van der Waals surface area (Å²) < 4.78 is 0. The predicted molar refractivity (Wildman–Crippen MR) is 115 cm³/mol. The maximum atomic E-state index is 4.76. The third-order valence-corrected chi connectivity index (χ3v) is 5.55. The number of hydrogen-bond acceptors (Lipinski definition) is 0. The molecule has 0 spiro atoms. The van der Waals surface area contributed by atoms with E-state index >= 15 is 0 Å². The number of rotatable bonds is 4. The molecule has 0 aliphatic carbocycles. The summed E-state index contributed by atoms with van der Waals surface area (Å²) in [5.41, 5.74) is 6.73. The molecule has 0 atom stereocenters. The van der Waals surface area contributed by atoms with Crippen LogP contribution in [0, 0.1) is 0 Å². The van der Waals surface area contributed by atoms with Gasteiger partial charge in [-0.3, -0.25) is 5.32 Å². The highest BCUT2D eigenvalue weighted by Gasteiger charge is 2.42. The summed E-state index contributed by atoms with van der Waals surface area (Å²) in [6.07, 6.45) is 2.05. The average molecular weight is 358 g/mol. The fraction of sp³-hybridized carbons (Fsp3) is 0.0370. The summed E-state index contributed by atoms with van der Waals surface area (Å²) in [4.78, 5) is 0. The third-order valence-electron chi connectivity index (χ3n) is 5.55. The van der Waals surface area contributed by atoms with Gasteiger partial charge in [-0.25, -0.2) is 0 Å². The van der Waals surface area contributed by atoms with Crippen molar-refractivity contribution in [2.45, 2.75) is 5.41 Å². The second-order valence-corrected chi connectivity index (χ2v) is 7.04. The molecule has 0 saturated carbocycles. The normalized spacial score (nSPS) is 12.8. The first kappa shape index (κ1) is 16.6. The highest BCUT2D eigenvalue weighted by molar-refractivity contribution is 5.90. The number of hydrogen-bond donors (Lipinski definition) is 0. The van der Waals surface area contributed by atoms with Gasteiger partial charge in [-0.1, -0.05) is 109 Å². The maximum absolute atomic E-state index is 4.76. The fourth-order valence-electron chi connectivity index (χ4n) is 4.35. The minimum atomic E-state index is -0.431. The predicted octanol–water partition coefficient (Wildman–Crippen LogP) is 6.31. The summed E-state index contributed by atoms with van der Waals surface area (Å²) in [5, 5.41) is 4.76. The van der Waals surface area contributed by atoms with Gasteiger partial charge in [0.1, 0.15) is 0 Å². The Morgan fingerprint density at radius 2 is 0.893 bits per heavy atom. The maximum Gasteiger partial charge on any atom is 0.0723 e. The fourth-order valence-corrected chi connectivity index (χ4v) is 4.35. The highest BCUT2D eigenvalue weighted by Crippen LogP contribution is 2.52. The molecule has 1 heterocycles.